The van der Waals surface area contributed by atoms with Crippen LogP contribution in [0.1, 0.15) is 12.0 Å². The third-order valence-corrected chi connectivity index (χ3v) is 2.71. The van der Waals surface area contributed by atoms with E-state index in [2.05, 4.69) is 5.32 Å². The molecule has 1 N–H and O–H groups in total. The minimum Gasteiger partial charge on any atom is -0.454 e. The zero-order valence-electron chi connectivity index (χ0n) is 8.66. The first-order valence-electron chi connectivity index (χ1n) is 5.21. The molecule has 0 aromatic heterocycles. The lowest BCUT2D eigenvalue weighted by Gasteiger charge is -1.99. The second-order valence-corrected chi connectivity index (χ2v) is 3.79. The van der Waals surface area contributed by atoms with Crippen molar-refractivity contribution in [2.75, 3.05) is 13.3 Å². The molecule has 2 aliphatic heterocycles. The Morgan fingerprint density at radius 1 is 1.25 bits per heavy atom. The summed E-state index contributed by atoms with van der Waals surface area (Å²) in [4.78, 5) is 11.4. The lowest BCUT2D eigenvalue weighted by molar-refractivity contribution is -0.116. The fourth-order valence-corrected chi connectivity index (χ4v) is 1.88. The van der Waals surface area contributed by atoms with E-state index in [1.165, 1.54) is 0 Å². The fourth-order valence-electron chi connectivity index (χ4n) is 1.88. The molecule has 2 heterocycles. The second kappa shape index (κ2) is 3.56. The number of carbonyl (C=O) groups is 1. The van der Waals surface area contributed by atoms with Crippen LogP contribution in [0.15, 0.2) is 23.8 Å². The van der Waals surface area contributed by atoms with Gasteiger partial charge >= 0.3 is 0 Å². The molecule has 4 heteroatoms. The average Bonchev–Trinajstić information content (AvgIpc) is 2.88. The van der Waals surface area contributed by atoms with E-state index in [-0.39, 0.29) is 12.7 Å². The predicted molar refractivity (Wildman–Crippen MR) is 58.2 cm³/mol. The lowest BCUT2D eigenvalue weighted by atomic mass is 10.1. The number of benzene rings is 1. The molecule has 1 aromatic carbocycles. The van der Waals surface area contributed by atoms with Gasteiger partial charge in [-0.1, -0.05) is 6.07 Å². The van der Waals surface area contributed by atoms with Crippen LogP contribution in [0.25, 0.3) is 6.08 Å². The highest BCUT2D eigenvalue weighted by Gasteiger charge is 2.17. The largest absolute Gasteiger partial charge is 0.454 e. The lowest BCUT2D eigenvalue weighted by Crippen LogP contribution is -2.13. The molecule has 3 rings (SSSR count). The maximum Gasteiger partial charge on any atom is 0.247 e. The summed E-state index contributed by atoms with van der Waals surface area (Å²) < 4.78 is 10.5. The van der Waals surface area contributed by atoms with Crippen molar-refractivity contribution < 1.29 is 14.3 Å². The fraction of sp³-hybridized carbons (Fsp3) is 0.250. The molecule has 1 fully saturated rings. The third-order valence-electron chi connectivity index (χ3n) is 2.71. The summed E-state index contributed by atoms with van der Waals surface area (Å²) in [6, 6.07) is 5.68. The summed E-state index contributed by atoms with van der Waals surface area (Å²) in [5, 5.41) is 2.78. The second-order valence-electron chi connectivity index (χ2n) is 3.79. The van der Waals surface area contributed by atoms with Gasteiger partial charge in [-0.2, -0.15) is 0 Å². The molecule has 0 aliphatic carbocycles. The highest BCUT2D eigenvalue weighted by molar-refractivity contribution is 5.99. The molecule has 2 aliphatic rings. The number of rotatable bonds is 1. The molecule has 1 saturated heterocycles. The molecule has 0 radical (unpaired) electrons. The van der Waals surface area contributed by atoms with Crippen molar-refractivity contribution in [2.45, 2.75) is 6.42 Å². The van der Waals surface area contributed by atoms with Crippen molar-refractivity contribution >= 4 is 12.0 Å². The van der Waals surface area contributed by atoms with E-state index < -0.39 is 0 Å². The maximum absolute atomic E-state index is 11.4. The molecular weight excluding hydrogens is 206 g/mol. The molecule has 82 valence electrons. The number of hydrogen-bond donors (Lipinski definition) is 1. The van der Waals surface area contributed by atoms with Gasteiger partial charge in [0.15, 0.2) is 11.5 Å². The number of fused-ring (bicyclic) bond motifs is 1. The van der Waals surface area contributed by atoms with Crippen LogP contribution in [0.4, 0.5) is 0 Å². The first kappa shape index (κ1) is 9.27. The van der Waals surface area contributed by atoms with Crippen LogP contribution in [0.3, 0.4) is 0 Å². The van der Waals surface area contributed by atoms with Crippen molar-refractivity contribution in [1.82, 2.24) is 5.32 Å². The van der Waals surface area contributed by atoms with Gasteiger partial charge in [0.05, 0.1) is 0 Å². The molecule has 1 aromatic rings. The van der Waals surface area contributed by atoms with E-state index in [1.54, 1.807) is 0 Å². The Kier molecular flexibility index (Phi) is 2.06. The summed E-state index contributed by atoms with van der Waals surface area (Å²) in [5.74, 6) is 1.53. The zero-order valence-corrected chi connectivity index (χ0v) is 8.66. The molecule has 1 amide bonds. The Morgan fingerprint density at radius 3 is 2.94 bits per heavy atom. The van der Waals surface area contributed by atoms with Crippen LogP contribution in [-0.2, 0) is 4.79 Å². The van der Waals surface area contributed by atoms with E-state index in [4.69, 9.17) is 9.47 Å². The van der Waals surface area contributed by atoms with E-state index in [9.17, 15) is 4.79 Å². The highest BCUT2D eigenvalue weighted by atomic mass is 16.7. The van der Waals surface area contributed by atoms with Gasteiger partial charge in [0.1, 0.15) is 0 Å². The number of amides is 1. The zero-order chi connectivity index (χ0) is 11.0. The van der Waals surface area contributed by atoms with Crippen molar-refractivity contribution in [2.24, 2.45) is 0 Å². The van der Waals surface area contributed by atoms with Gasteiger partial charge in [-0.05, 0) is 30.2 Å². The minimum absolute atomic E-state index is 0.0256. The van der Waals surface area contributed by atoms with Crippen LogP contribution < -0.4 is 14.8 Å². The average molecular weight is 217 g/mol. The number of hydrogen-bond acceptors (Lipinski definition) is 3. The van der Waals surface area contributed by atoms with Gasteiger partial charge in [-0.3, -0.25) is 4.79 Å². The van der Waals surface area contributed by atoms with E-state index >= 15 is 0 Å². The first-order valence-corrected chi connectivity index (χ1v) is 5.21. The van der Waals surface area contributed by atoms with Crippen molar-refractivity contribution in [3.8, 4) is 11.5 Å². The van der Waals surface area contributed by atoms with E-state index in [1.807, 2.05) is 24.3 Å². The van der Waals surface area contributed by atoms with Gasteiger partial charge < -0.3 is 14.8 Å². The standard InChI is InChI=1S/C12H11NO3/c14-12-9(3-4-13-12)5-8-1-2-10-11(6-8)16-7-15-10/h1-2,5-6H,3-4,7H2,(H,13,14)/b9-5-. The smallest absolute Gasteiger partial charge is 0.247 e. The quantitative estimate of drug-likeness (QED) is 0.722. The van der Waals surface area contributed by atoms with Gasteiger partial charge in [0, 0.05) is 12.1 Å². The Morgan fingerprint density at radius 2 is 2.12 bits per heavy atom. The molecule has 0 saturated carbocycles. The molecule has 16 heavy (non-hydrogen) atoms. The Bertz CT molecular complexity index is 479. The summed E-state index contributed by atoms with van der Waals surface area (Å²) in [5.41, 5.74) is 1.79. The Balaban J connectivity index is 1.93. The van der Waals surface area contributed by atoms with Crippen LogP contribution in [0, 0.1) is 0 Å². The maximum atomic E-state index is 11.4. The Hall–Kier alpha value is -1.97. The van der Waals surface area contributed by atoms with Crippen molar-refractivity contribution in [3.63, 3.8) is 0 Å². The first-order chi connectivity index (χ1) is 7.83. The highest BCUT2D eigenvalue weighted by Crippen LogP contribution is 2.33. The molecule has 0 spiro atoms. The monoisotopic (exact) mass is 217 g/mol. The summed E-state index contributed by atoms with van der Waals surface area (Å²) >= 11 is 0. The number of nitrogens with one attached hydrogen (secondary N) is 1. The Labute approximate surface area is 92.9 Å². The third kappa shape index (κ3) is 1.52. The van der Waals surface area contributed by atoms with Gasteiger partial charge in [-0.25, -0.2) is 0 Å². The molecule has 0 unspecified atom stereocenters. The van der Waals surface area contributed by atoms with Gasteiger partial charge in [-0.15, -0.1) is 0 Å². The van der Waals surface area contributed by atoms with E-state index in [0.29, 0.717) is 0 Å². The number of ether oxygens (including phenoxy) is 2. The molecule has 0 bridgehead atoms. The molecule has 0 atom stereocenters. The van der Waals surface area contributed by atoms with Crippen molar-refractivity contribution in [1.29, 1.82) is 0 Å². The normalized spacial score (nSPS) is 20.2. The minimum atomic E-state index is 0.0256. The summed E-state index contributed by atoms with van der Waals surface area (Å²) in [6.07, 6.45) is 2.68. The number of carbonyl (C=O) groups excluding carboxylic acids is 1. The van der Waals surface area contributed by atoms with Crippen LogP contribution in [-0.4, -0.2) is 19.2 Å². The molecule has 4 nitrogen and oxygen atoms in total. The SMILES string of the molecule is O=C1NCC/C1=C/c1ccc2c(c1)OCO2. The topological polar surface area (TPSA) is 47.6 Å². The summed E-state index contributed by atoms with van der Waals surface area (Å²) in [7, 11) is 0. The van der Waals surface area contributed by atoms with Gasteiger partial charge in [0.2, 0.25) is 12.7 Å². The summed E-state index contributed by atoms with van der Waals surface area (Å²) in [6.45, 7) is 1.01. The predicted octanol–water partition coefficient (Wildman–Crippen LogP) is 1.32. The van der Waals surface area contributed by atoms with E-state index in [0.717, 1.165) is 35.6 Å². The van der Waals surface area contributed by atoms with Crippen LogP contribution in [0.2, 0.25) is 0 Å². The van der Waals surface area contributed by atoms with Crippen LogP contribution in [0.5, 0.6) is 11.5 Å². The van der Waals surface area contributed by atoms with Crippen molar-refractivity contribution in [3.05, 3.63) is 29.3 Å². The van der Waals surface area contributed by atoms with Gasteiger partial charge in [0.25, 0.3) is 0 Å². The van der Waals surface area contributed by atoms with Crippen LogP contribution >= 0.6 is 0 Å². The molecular formula is C12H11NO3.